The Hall–Kier alpha value is -3.55. The van der Waals surface area contributed by atoms with Crippen molar-refractivity contribution in [3.8, 4) is 5.75 Å². The first-order valence-electron chi connectivity index (χ1n) is 12.2. The van der Waals surface area contributed by atoms with E-state index in [0.29, 0.717) is 35.8 Å². The zero-order chi connectivity index (χ0) is 26.4. The molecule has 0 aliphatic heterocycles. The van der Waals surface area contributed by atoms with Crippen LogP contribution in [0.5, 0.6) is 5.75 Å². The highest BCUT2D eigenvalue weighted by Gasteiger charge is 2.29. The Labute approximate surface area is 212 Å². The molecule has 3 nitrogen and oxygen atoms in total. The molecule has 194 valence electrons. The largest absolute Gasteiger partial charge is 0.481 e. The van der Waals surface area contributed by atoms with Gasteiger partial charge in [-0.1, -0.05) is 49.7 Å². The number of alkyl halides is 3. The molecule has 1 aromatic heterocycles. The number of rotatable bonds is 10. The number of halogens is 5. The minimum absolute atomic E-state index is 0.317. The molecule has 0 saturated carbocycles. The van der Waals surface area contributed by atoms with Crippen LogP contribution in [-0.2, 0) is 32.1 Å². The zero-order valence-electron chi connectivity index (χ0n) is 20.4. The van der Waals surface area contributed by atoms with Crippen LogP contribution < -0.4 is 4.74 Å². The summed E-state index contributed by atoms with van der Waals surface area (Å²) in [6.07, 6.45) is 3.27. The summed E-state index contributed by atoms with van der Waals surface area (Å²) in [7, 11) is 0. The van der Waals surface area contributed by atoms with Gasteiger partial charge in [-0.15, -0.1) is 0 Å². The molecule has 0 aliphatic rings. The average molecular weight is 515 g/mol. The predicted octanol–water partition coefficient (Wildman–Crippen LogP) is 7.37. The molecular formula is C29H27F5N2O. The number of fused-ring (bicyclic) bond motifs is 1. The van der Waals surface area contributed by atoms with Crippen molar-refractivity contribution in [1.29, 1.82) is 0 Å². The lowest BCUT2D eigenvalue weighted by Gasteiger charge is -2.11. The Morgan fingerprint density at radius 1 is 0.757 bits per heavy atom. The Bertz CT molecular complexity index is 1350. The highest BCUT2D eigenvalue weighted by molar-refractivity contribution is 5.84. The van der Waals surface area contributed by atoms with Gasteiger partial charge in [0.05, 0.1) is 0 Å². The van der Waals surface area contributed by atoms with Crippen LogP contribution in [0.2, 0.25) is 0 Å². The maximum absolute atomic E-state index is 15.2. The van der Waals surface area contributed by atoms with E-state index in [0.717, 1.165) is 47.7 Å². The van der Waals surface area contributed by atoms with Crippen molar-refractivity contribution in [3.05, 3.63) is 101 Å². The molecular weight excluding hydrogens is 487 g/mol. The fraction of sp³-hybridized carbons (Fsp3) is 0.310. The number of hydrogen-bond acceptors (Lipinski definition) is 3. The van der Waals surface area contributed by atoms with E-state index in [9.17, 15) is 17.6 Å². The second-order valence-electron chi connectivity index (χ2n) is 9.02. The first kappa shape index (κ1) is 26.5. The summed E-state index contributed by atoms with van der Waals surface area (Å²) in [4.78, 5) is 8.86. The van der Waals surface area contributed by atoms with Crippen LogP contribution in [-0.4, -0.2) is 22.8 Å². The highest BCUT2D eigenvalue weighted by Crippen LogP contribution is 2.26. The van der Waals surface area contributed by atoms with Gasteiger partial charge in [0.15, 0.2) is 18.2 Å². The quantitative estimate of drug-likeness (QED) is 0.207. The van der Waals surface area contributed by atoms with E-state index in [1.165, 1.54) is 12.1 Å². The molecule has 0 radical (unpaired) electrons. The summed E-state index contributed by atoms with van der Waals surface area (Å²) >= 11 is 0. The topological polar surface area (TPSA) is 35.0 Å². The third kappa shape index (κ3) is 7.24. The highest BCUT2D eigenvalue weighted by atomic mass is 19.4. The van der Waals surface area contributed by atoms with Crippen LogP contribution >= 0.6 is 0 Å². The summed E-state index contributed by atoms with van der Waals surface area (Å²) in [5, 5.41) is 1.29. The molecule has 0 saturated heterocycles. The minimum atomic E-state index is -4.55. The van der Waals surface area contributed by atoms with Crippen molar-refractivity contribution < 1.29 is 26.7 Å². The van der Waals surface area contributed by atoms with Gasteiger partial charge in [0.25, 0.3) is 0 Å². The summed E-state index contributed by atoms with van der Waals surface area (Å²) in [5.41, 5.74) is 3.21. The molecule has 1 heterocycles. The monoisotopic (exact) mass is 514 g/mol. The Morgan fingerprint density at radius 2 is 1.46 bits per heavy atom. The summed E-state index contributed by atoms with van der Waals surface area (Å²) in [5.74, 6) is -0.897. The number of benzene rings is 3. The molecule has 0 spiro atoms. The lowest BCUT2D eigenvalue weighted by atomic mass is 9.98. The predicted molar refractivity (Wildman–Crippen MR) is 133 cm³/mol. The fourth-order valence-electron chi connectivity index (χ4n) is 4.18. The molecule has 0 amide bonds. The third-order valence-corrected chi connectivity index (χ3v) is 6.10. The van der Waals surface area contributed by atoms with Crippen LogP contribution in [0, 0.1) is 11.6 Å². The van der Waals surface area contributed by atoms with Crippen molar-refractivity contribution in [2.45, 2.75) is 51.6 Å². The lowest BCUT2D eigenvalue weighted by Crippen LogP contribution is -2.19. The van der Waals surface area contributed by atoms with Crippen LogP contribution in [0.3, 0.4) is 0 Å². The van der Waals surface area contributed by atoms with Crippen molar-refractivity contribution in [3.63, 3.8) is 0 Å². The Morgan fingerprint density at radius 3 is 2.16 bits per heavy atom. The van der Waals surface area contributed by atoms with Gasteiger partial charge in [0.1, 0.15) is 11.6 Å². The normalized spacial score (nSPS) is 11.7. The number of hydrogen-bond donors (Lipinski definition) is 0. The number of nitrogens with zero attached hydrogens (tertiary/aromatic N) is 2. The lowest BCUT2D eigenvalue weighted by molar-refractivity contribution is -0.153. The molecule has 0 aliphatic carbocycles. The van der Waals surface area contributed by atoms with E-state index in [4.69, 9.17) is 0 Å². The van der Waals surface area contributed by atoms with Gasteiger partial charge in [-0.2, -0.15) is 13.2 Å². The number of ether oxygens (including phenoxy) is 1. The number of aryl methyl sites for hydroxylation is 5. The maximum atomic E-state index is 15.2. The summed E-state index contributed by atoms with van der Waals surface area (Å²) < 4.78 is 70.7. The van der Waals surface area contributed by atoms with Crippen molar-refractivity contribution >= 4 is 10.8 Å². The van der Waals surface area contributed by atoms with Crippen LogP contribution in [0.1, 0.15) is 41.4 Å². The van der Waals surface area contributed by atoms with Crippen LogP contribution in [0.4, 0.5) is 22.0 Å². The van der Waals surface area contributed by atoms with Gasteiger partial charge >= 0.3 is 6.18 Å². The van der Waals surface area contributed by atoms with Gasteiger partial charge in [-0.3, -0.25) is 0 Å². The summed E-state index contributed by atoms with van der Waals surface area (Å²) in [6, 6.07) is 13.0. The standard InChI is InChI=1S/C29H27F5N2O/c1-2-3-21-16-35-27(36-17-21)13-7-19-5-11-24-23(14-19)10-9-22(28(24)31)8-4-20-6-12-26(25(30)15-20)37-18-29(32,33)34/h5-6,9-12,14-17H,2-4,7-8,13,18H2,1H3. The minimum Gasteiger partial charge on any atom is -0.481 e. The molecule has 0 fully saturated rings. The smallest absolute Gasteiger partial charge is 0.422 e. The molecule has 8 heteroatoms. The molecule has 37 heavy (non-hydrogen) atoms. The van der Waals surface area contributed by atoms with E-state index >= 15 is 4.39 Å². The van der Waals surface area contributed by atoms with Crippen molar-refractivity contribution in [2.75, 3.05) is 6.61 Å². The van der Waals surface area contributed by atoms with Crippen LogP contribution in [0.25, 0.3) is 10.8 Å². The van der Waals surface area contributed by atoms with E-state index in [2.05, 4.69) is 21.6 Å². The van der Waals surface area contributed by atoms with Gasteiger partial charge in [0, 0.05) is 24.2 Å². The Kier molecular flexibility index (Phi) is 8.36. The molecule has 4 aromatic rings. The third-order valence-electron chi connectivity index (χ3n) is 6.10. The second kappa shape index (κ2) is 11.7. The van der Waals surface area contributed by atoms with Crippen molar-refractivity contribution in [2.24, 2.45) is 0 Å². The zero-order valence-corrected chi connectivity index (χ0v) is 20.4. The van der Waals surface area contributed by atoms with E-state index in [1.54, 1.807) is 12.1 Å². The SMILES string of the molecule is CCCc1cnc(CCc2ccc3c(F)c(CCc4ccc(OCC(F)(F)F)c(F)c4)ccc3c2)nc1. The first-order valence-corrected chi connectivity index (χ1v) is 12.2. The van der Waals surface area contributed by atoms with E-state index in [-0.39, 0.29) is 5.82 Å². The second-order valence-corrected chi connectivity index (χ2v) is 9.02. The van der Waals surface area contributed by atoms with Crippen molar-refractivity contribution in [1.82, 2.24) is 9.97 Å². The molecule has 4 rings (SSSR count). The van der Waals surface area contributed by atoms with Gasteiger partial charge < -0.3 is 4.74 Å². The van der Waals surface area contributed by atoms with E-state index < -0.39 is 24.3 Å². The maximum Gasteiger partial charge on any atom is 0.422 e. The number of aromatic nitrogens is 2. The van der Waals surface area contributed by atoms with Crippen LogP contribution in [0.15, 0.2) is 60.9 Å². The first-order chi connectivity index (χ1) is 17.7. The molecule has 0 N–H and O–H groups in total. The molecule has 0 bridgehead atoms. The Balaban J connectivity index is 1.38. The molecule has 0 atom stereocenters. The van der Waals surface area contributed by atoms with Gasteiger partial charge in [-0.05, 0) is 65.5 Å². The van der Waals surface area contributed by atoms with Gasteiger partial charge in [-0.25, -0.2) is 18.7 Å². The average Bonchev–Trinajstić information content (AvgIpc) is 2.87. The molecule has 0 unspecified atom stereocenters. The fourth-order valence-corrected chi connectivity index (χ4v) is 4.18. The molecule has 3 aromatic carbocycles. The van der Waals surface area contributed by atoms with E-state index in [1.807, 2.05) is 30.6 Å². The van der Waals surface area contributed by atoms with Gasteiger partial charge in [0.2, 0.25) is 0 Å². The summed E-state index contributed by atoms with van der Waals surface area (Å²) in [6.45, 7) is 0.552.